The van der Waals surface area contributed by atoms with Gasteiger partial charge >= 0.3 is 0 Å². The van der Waals surface area contributed by atoms with Crippen molar-refractivity contribution in [3.63, 3.8) is 0 Å². The second-order valence-corrected chi connectivity index (χ2v) is 4.01. The van der Waals surface area contributed by atoms with E-state index in [-0.39, 0.29) is 5.82 Å². The third kappa shape index (κ3) is 5.67. The normalized spacial score (nSPS) is 11.5. The SMILES string of the molecule is CCOCCCN=C(NN)Nc1ccc(F)c(C)c1. The van der Waals surface area contributed by atoms with E-state index in [2.05, 4.69) is 15.7 Å². The lowest BCUT2D eigenvalue weighted by atomic mass is 10.2. The maximum atomic E-state index is 13.1. The van der Waals surface area contributed by atoms with Crippen LogP contribution >= 0.6 is 0 Å². The van der Waals surface area contributed by atoms with E-state index in [1.807, 2.05) is 6.92 Å². The molecule has 1 rings (SSSR count). The van der Waals surface area contributed by atoms with Crippen LogP contribution in [0.1, 0.15) is 18.9 Å². The molecule has 106 valence electrons. The Morgan fingerprint density at radius 1 is 1.47 bits per heavy atom. The fourth-order valence-electron chi connectivity index (χ4n) is 1.48. The van der Waals surface area contributed by atoms with Crippen LogP contribution in [0.2, 0.25) is 0 Å². The molecule has 0 heterocycles. The van der Waals surface area contributed by atoms with Crippen LogP contribution in [0, 0.1) is 12.7 Å². The zero-order valence-corrected chi connectivity index (χ0v) is 11.4. The van der Waals surface area contributed by atoms with E-state index in [9.17, 15) is 4.39 Å². The molecule has 0 aliphatic rings. The monoisotopic (exact) mass is 268 g/mol. The molecule has 0 amide bonds. The molecule has 1 aromatic carbocycles. The van der Waals surface area contributed by atoms with Crippen LogP contribution < -0.4 is 16.6 Å². The van der Waals surface area contributed by atoms with Crippen molar-refractivity contribution in [2.75, 3.05) is 25.1 Å². The number of rotatable bonds is 6. The van der Waals surface area contributed by atoms with E-state index >= 15 is 0 Å². The first kappa shape index (κ1) is 15.4. The number of nitrogens with zero attached hydrogens (tertiary/aromatic N) is 1. The number of nitrogens with two attached hydrogens (primary N) is 1. The highest BCUT2D eigenvalue weighted by molar-refractivity contribution is 5.93. The number of aryl methyl sites for hydroxylation is 1. The molecule has 6 heteroatoms. The number of hydrogen-bond donors (Lipinski definition) is 3. The first-order chi connectivity index (χ1) is 9.17. The maximum Gasteiger partial charge on any atom is 0.210 e. The standard InChI is InChI=1S/C13H21FN4O/c1-3-19-8-4-7-16-13(18-15)17-11-5-6-12(14)10(2)9-11/h5-6,9H,3-4,7-8,15H2,1-2H3,(H2,16,17,18). The second-order valence-electron chi connectivity index (χ2n) is 4.01. The number of benzene rings is 1. The second kappa shape index (κ2) is 8.44. The van der Waals surface area contributed by atoms with Gasteiger partial charge in [0.1, 0.15) is 5.82 Å². The Morgan fingerprint density at radius 3 is 2.89 bits per heavy atom. The molecule has 19 heavy (non-hydrogen) atoms. The molecule has 0 fully saturated rings. The number of hydrazine groups is 1. The van der Waals surface area contributed by atoms with E-state index in [0.29, 0.717) is 31.3 Å². The van der Waals surface area contributed by atoms with Crippen molar-refractivity contribution in [2.24, 2.45) is 10.8 Å². The van der Waals surface area contributed by atoms with Gasteiger partial charge in [0.15, 0.2) is 0 Å². The van der Waals surface area contributed by atoms with Crippen LogP contribution in [0.25, 0.3) is 0 Å². The van der Waals surface area contributed by atoms with Gasteiger partial charge in [0.2, 0.25) is 5.96 Å². The van der Waals surface area contributed by atoms with Gasteiger partial charge in [-0.15, -0.1) is 0 Å². The van der Waals surface area contributed by atoms with Crippen LogP contribution in [0.15, 0.2) is 23.2 Å². The highest BCUT2D eigenvalue weighted by atomic mass is 19.1. The average Bonchev–Trinajstić information content (AvgIpc) is 2.41. The fourth-order valence-corrected chi connectivity index (χ4v) is 1.48. The van der Waals surface area contributed by atoms with E-state index in [1.165, 1.54) is 6.07 Å². The molecule has 5 nitrogen and oxygen atoms in total. The Bertz CT molecular complexity index is 423. The summed E-state index contributed by atoms with van der Waals surface area (Å²) in [6.07, 6.45) is 0.823. The van der Waals surface area contributed by atoms with Crippen molar-refractivity contribution in [1.29, 1.82) is 0 Å². The summed E-state index contributed by atoms with van der Waals surface area (Å²) in [5, 5.41) is 2.99. The Kier molecular flexibility index (Phi) is 6.84. The molecular formula is C13H21FN4O. The van der Waals surface area contributed by atoms with Crippen molar-refractivity contribution in [2.45, 2.75) is 20.3 Å². The number of nitrogens with one attached hydrogen (secondary N) is 2. The predicted octanol–water partition coefficient (Wildman–Crippen LogP) is 1.79. The van der Waals surface area contributed by atoms with E-state index < -0.39 is 0 Å². The molecule has 0 saturated heterocycles. The Morgan fingerprint density at radius 2 is 2.26 bits per heavy atom. The maximum absolute atomic E-state index is 13.1. The average molecular weight is 268 g/mol. The van der Waals surface area contributed by atoms with E-state index in [4.69, 9.17) is 10.6 Å². The summed E-state index contributed by atoms with van der Waals surface area (Å²) in [5.41, 5.74) is 3.78. The van der Waals surface area contributed by atoms with Gasteiger partial charge in [-0.2, -0.15) is 0 Å². The number of aliphatic imine (C=N–C) groups is 1. The lowest BCUT2D eigenvalue weighted by Gasteiger charge is -2.10. The zero-order valence-electron chi connectivity index (χ0n) is 11.4. The molecule has 0 aliphatic heterocycles. The first-order valence-corrected chi connectivity index (χ1v) is 6.29. The summed E-state index contributed by atoms with van der Waals surface area (Å²) in [6.45, 7) is 5.64. The van der Waals surface area contributed by atoms with E-state index in [0.717, 1.165) is 12.1 Å². The molecule has 0 atom stereocenters. The third-order valence-electron chi connectivity index (χ3n) is 2.48. The quantitative estimate of drug-likeness (QED) is 0.242. The molecular weight excluding hydrogens is 247 g/mol. The van der Waals surface area contributed by atoms with Crippen LogP contribution in [0.4, 0.5) is 10.1 Å². The van der Waals surface area contributed by atoms with Crippen LogP contribution in [0.3, 0.4) is 0 Å². The zero-order chi connectivity index (χ0) is 14.1. The van der Waals surface area contributed by atoms with Gasteiger partial charge in [-0.05, 0) is 44.0 Å². The molecule has 0 aromatic heterocycles. The number of guanidine groups is 1. The Hall–Kier alpha value is -1.66. The molecule has 0 saturated carbocycles. The van der Waals surface area contributed by atoms with Gasteiger partial charge in [0, 0.05) is 25.4 Å². The highest BCUT2D eigenvalue weighted by Crippen LogP contribution is 2.13. The van der Waals surface area contributed by atoms with Gasteiger partial charge in [0.25, 0.3) is 0 Å². The van der Waals surface area contributed by atoms with Crippen LogP contribution in [-0.2, 0) is 4.74 Å². The van der Waals surface area contributed by atoms with Gasteiger partial charge in [-0.1, -0.05) is 0 Å². The fraction of sp³-hybridized carbons (Fsp3) is 0.462. The summed E-state index contributed by atoms with van der Waals surface area (Å²) in [5.74, 6) is 5.59. The van der Waals surface area contributed by atoms with Gasteiger partial charge < -0.3 is 10.1 Å². The summed E-state index contributed by atoms with van der Waals surface area (Å²) >= 11 is 0. The number of halogens is 1. The van der Waals surface area contributed by atoms with Crippen LogP contribution in [0.5, 0.6) is 0 Å². The van der Waals surface area contributed by atoms with Crippen molar-refractivity contribution in [3.05, 3.63) is 29.6 Å². The number of anilines is 1. The smallest absolute Gasteiger partial charge is 0.210 e. The van der Waals surface area contributed by atoms with Gasteiger partial charge in [0.05, 0.1) is 0 Å². The van der Waals surface area contributed by atoms with Crippen LogP contribution in [-0.4, -0.2) is 25.7 Å². The highest BCUT2D eigenvalue weighted by Gasteiger charge is 2.01. The molecule has 0 unspecified atom stereocenters. The summed E-state index contributed by atoms with van der Waals surface area (Å²) in [4.78, 5) is 4.26. The van der Waals surface area contributed by atoms with Crippen molar-refractivity contribution < 1.29 is 9.13 Å². The molecule has 0 spiro atoms. The molecule has 1 aromatic rings. The topological polar surface area (TPSA) is 71.7 Å². The number of ether oxygens (including phenoxy) is 1. The Balaban J connectivity index is 2.50. The van der Waals surface area contributed by atoms with Crippen molar-refractivity contribution >= 4 is 11.6 Å². The third-order valence-corrected chi connectivity index (χ3v) is 2.48. The molecule has 4 N–H and O–H groups in total. The minimum Gasteiger partial charge on any atom is -0.382 e. The molecule has 0 aliphatic carbocycles. The minimum absolute atomic E-state index is 0.235. The van der Waals surface area contributed by atoms with Crippen molar-refractivity contribution in [3.8, 4) is 0 Å². The van der Waals surface area contributed by atoms with E-state index in [1.54, 1.807) is 19.1 Å². The molecule has 0 radical (unpaired) electrons. The van der Waals surface area contributed by atoms with Gasteiger partial charge in [-0.25, -0.2) is 10.2 Å². The Labute approximate surface area is 113 Å². The largest absolute Gasteiger partial charge is 0.382 e. The summed E-state index contributed by atoms with van der Waals surface area (Å²) in [6, 6.07) is 4.73. The summed E-state index contributed by atoms with van der Waals surface area (Å²) in [7, 11) is 0. The van der Waals surface area contributed by atoms with Crippen molar-refractivity contribution in [1.82, 2.24) is 5.43 Å². The minimum atomic E-state index is -0.235. The summed E-state index contributed by atoms with van der Waals surface area (Å²) < 4.78 is 18.3. The number of hydrogen-bond acceptors (Lipinski definition) is 3. The lowest BCUT2D eigenvalue weighted by molar-refractivity contribution is 0.146. The first-order valence-electron chi connectivity index (χ1n) is 6.29. The molecule has 0 bridgehead atoms. The predicted molar refractivity (Wildman–Crippen MR) is 75.5 cm³/mol. The van der Waals surface area contributed by atoms with Gasteiger partial charge in [-0.3, -0.25) is 10.4 Å². The lowest BCUT2D eigenvalue weighted by Crippen LogP contribution is -2.36.